The SMILES string of the molecule is CC(C)CC(NC(=O)C(N)CCCN=C(N)N)C(=O)NCC(=O)NC(Cc1ccc(O)cc1)C(=O)O. The van der Waals surface area contributed by atoms with Gasteiger partial charge in [0, 0.05) is 13.0 Å². The summed E-state index contributed by atoms with van der Waals surface area (Å²) in [6.07, 6.45) is 1.07. The summed E-state index contributed by atoms with van der Waals surface area (Å²) in [6.45, 7) is 3.58. The molecule has 1 rings (SSSR count). The van der Waals surface area contributed by atoms with Crippen molar-refractivity contribution >= 4 is 29.7 Å². The van der Waals surface area contributed by atoms with Gasteiger partial charge in [-0.3, -0.25) is 19.4 Å². The lowest BCUT2D eigenvalue weighted by molar-refractivity contribution is -0.141. The molecule has 3 amide bonds. The molecular weight excluding hydrogens is 470 g/mol. The summed E-state index contributed by atoms with van der Waals surface area (Å²) >= 11 is 0. The normalized spacial score (nSPS) is 13.2. The van der Waals surface area contributed by atoms with Crippen LogP contribution in [0, 0.1) is 5.92 Å². The molecule has 0 fully saturated rings. The van der Waals surface area contributed by atoms with Gasteiger partial charge in [-0.25, -0.2) is 4.79 Å². The number of phenolic OH excluding ortho intramolecular Hbond substituents is 1. The second-order valence-corrected chi connectivity index (χ2v) is 8.79. The predicted octanol–water partition coefficient (Wildman–Crippen LogP) is -1.47. The number of aliphatic imine (C=N–C) groups is 1. The first-order valence-electron chi connectivity index (χ1n) is 11.6. The van der Waals surface area contributed by atoms with Crippen LogP contribution in [0.25, 0.3) is 0 Å². The number of hydrogen-bond acceptors (Lipinski definition) is 7. The first-order chi connectivity index (χ1) is 16.9. The van der Waals surface area contributed by atoms with Crippen LogP contribution in [-0.4, -0.2) is 71.1 Å². The smallest absolute Gasteiger partial charge is 0.326 e. The van der Waals surface area contributed by atoms with Crippen LogP contribution in [0.1, 0.15) is 38.7 Å². The highest BCUT2D eigenvalue weighted by atomic mass is 16.4. The van der Waals surface area contributed by atoms with E-state index >= 15 is 0 Å². The van der Waals surface area contributed by atoms with Gasteiger partial charge in [0.25, 0.3) is 0 Å². The van der Waals surface area contributed by atoms with Crippen molar-refractivity contribution in [2.45, 2.75) is 57.7 Å². The fourth-order valence-electron chi connectivity index (χ4n) is 3.24. The Morgan fingerprint density at radius 1 is 1.00 bits per heavy atom. The number of rotatable bonds is 15. The molecule has 0 aliphatic carbocycles. The molecule has 0 bridgehead atoms. The fraction of sp³-hybridized carbons (Fsp3) is 0.522. The van der Waals surface area contributed by atoms with E-state index in [4.69, 9.17) is 17.2 Å². The number of nitrogens with two attached hydrogens (primary N) is 3. The van der Waals surface area contributed by atoms with Crippen molar-refractivity contribution in [2.75, 3.05) is 13.1 Å². The fourth-order valence-corrected chi connectivity index (χ4v) is 3.24. The monoisotopic (exact) mass is 507 g/mol. The minimum atomic E-state index is -1.25. The van der Waals surface area contributed by atoms with Gasteiger partial charge in [-0.1, -0.05) is 26.0 Å². The number of aromatic hydroxyl groups is 1. The third-order valence-corrected chi connectivity index (χ3v) is 5.08. The van der Waals surface area contributed by atoms with E-state index in [9.17, 15) is 29.4 Å². The number of carboxylic acid groups (broad SMARTS) is 1. The van der Waals surface area contributed by atoms with Crippen LogP contribution in [0.3, 0.4) is 0 Å². The number of amides is 3. The Labute approximate surface area is 209 Å². The predicted molar refractivity (Wildman–Crippen MR) is 134 cm³/mol. The average molecular weight is 508 g/mol. The number of nitrogens with zero attached hydrogens (tertiary/aromatic N) is 1. The van der Waals surface area contributed by atoms with E-state index in [1.807, 2.05) is 13.8 Å². The van der Waals surface area contributed by atoms with Crippen molar-refractivity contribution in [2.24, 2.45) is 28.1 Å². The number of aliphatic carboxylic acids is 1. The third kappa shape index (κ3) is 12.0. The van der Waals surface area contributed by atoms with Crippen molar-refractivity contribution in [3.63, 3.8) is 0 Å². The molecule has 200 valence electrons. The standard InChI is InChI=1S/C23H37N7O6/c1-13(2)10-17(30-20(33)16(24)4-3-9-27-23(25)26)21(34)28-12-19(32)29-18(22(35)36)11-14-5-7-15(31)8-6-14/h5-8,13,16-18,31H,3-4,9-12,24H2,1-2H3,(H,28,34)(H,29,32)(H,30,33)(H,35,36)(H4,25,26,27). The zero-order valence-electron chi connectivity index (χ0n) is 20.6. The average Bonchev–Trinajstić information content (AvgIpc) is 2.80. The number of benzene rings is 1. The maximum atomic E-state index is 12.7. The van der Waals surface area contributed by atoms with E-state index < -0.39 is 48.4 Å². The molecule has 36 heavy (non-hydrogen) atoms. The number of guanidine groups is 1. The number of carbonyl (C=O) groups is 4. The topological polar surface area (TPSA) is 235 Å². The molecule has 0 aromatic heterocycles. The first kappa shape index (κ1) is 30.2. The largest absolute Gasteiger partial charge is 0.508 e. The van der Waals surface area contributed by atoms with Crippen LogP contribution in [0.4, 0.5) is 0 Å². The summed E-state index contributed by atoms with van der Waals surface area (Å²) in [6, 6.07) is 2.88. The molecule has 13 nitrogen and oxygen atoms in total. The molecule has 0 radical (unpaired) electrons. The molecule has 0 saturated heterocycles. The molecule has 0 spiro atoms. The van der Waals surface area contributed by atoms with E-state index in [-0.39, 0.29) is 24.0 Å². The summed E-state index contributed by atoms with van der Waals surface area (Å²) in [7, 11) is 0. The van der Waals surface area contributed by atoms with Crippen molar-refractivity contribution in [1.82, 2.24) is 16.0 Å². The molecule has 13 heteroatoms. The Bertz CT molecular complexity index is 916. The molecule has 0 heterocycles. The second kappa shape index (κ2) is 15.2. The van der Waals surface area contributed by atoms with Crippen LogP contribution in [0.5, 0.6) is 5.75 Å². The van der Waals surface area contributed by atoms with Crippen molar-refractivity contribution < 1.29 is 29.4 Å². The molecule has 0 saturated carbocycles. The van der Waals surface area contributed by atoms with E-state index in [2.05, 4.69) is 20.9 Å². The Morgan fingerprint density at radius 2 is 1.64 bits per heavy atom. The Kier molecular flexibility index (Phi) is 12.7. The minimum absolute atomic E-state index is 0.0115. The van der Waals surface area contributed by atoms with Gasteiger partial charge < -0.3 is 43.4 Å². The van der Waals surface area contributed by atoms with E-state index in [1.165, 1.54) is 12.1 Å². The van der Waals surface area contributed by atoms with Crippen molar-refractivity contribution in [3.8, 4) is 5.75 Å². The highest BCUT2D eigenvalue weighted by molar-refractivity contribution is 5.92. The van der Waals surface area contributed by atoms with E-state index in [0.29, 0.717) is 31.4 Å². The van der Waals surface area contributed by atoms with Gasteiger partial charge in [0.15, 0.2) is 5.96 Å². The summed E-state index contributed by atoms with van der Waals surface area (Å²) in [5, 5.41) is 26.2. The highest BCUT2D eigenvalue weighted by Gasteiger charge is 2.26. The van der Waals surface area contributed by atoms with E-state index in [0.717, 1.165) is 0 Å². The maximum Gasteiger partial charge on any atom is 0.326 e. The molecule has 1 aromatic carbocycles. The van der Waals surface area contributed by atoms with Gasteiger partial charge in [-0.2, -0.15) is 0 Å². The zero-order valence-corrected chi connectivity index (χ0v) is 20.6. The zero-order chi connectivity index (χ0) is 27.3. The summed E-state index contributed by atoms with van der Waals surface area (Å²) in [5.41, 5.74) is 17.0. The van der Waals surface area contributed by atoms with Gasteiger partial charge >= 0.3 is 5.97 Å². The summed E-state index contributed by atoms with van der Waals surface area (Å²) in [5.74, 6) is -3.04. The summed E-state index contributed by atoms with van der Waals surface area (Å²) < 4.78 is 0. The Morgan fingerprint density at radius 3 is 2.19 bits per heavy atom. The minimum Gasteiger partial charge on any atom is -0.508 e. The molecule has 11 N–H and O–H groups in total. The van der Waals surface area contributed by atoms with Gasteiger partial charge in [-0.05, 0) is 42.9 Å². The van der Waals surface area contributed by atoms with Crippen LogP contribution >= 0.6 is 0 Å². The Hall–Kier alpha value is -3.87. The van der Waals surface area contributed by atoms with Crippen LogP contribution in [0.2, 0.25) is 0 Å². The second-order valence-electron chi connectivity index (χ2n) is 8.79. The summed E-state index contributed by atoms with van der Waals surface area (Å²) in [4.78, 5) is 52.8. The third-order valence-electron chi connectivity index (χ3n) is 5.08. The maximum absolute atomic E-state index is 12.7. The molecule has 3 atom stereocenters. The number of nitrogens with one attached hydrogen (secondary N) is 3. The molecule has 0 aliphatic rings. The lowest BCUT2D eigenvalue weighted by Gasteiger charge is -2.22. The lowest BCUT2D eigenvalue weighted by Crippen LogP contribution is -2.54. The number of carbonyl (C=O) groups excluding carboxylic acids is 3. The first-order valence-corrected chi connectivity index (χ1v) is 11.6. The number of carboxylic acids is 1. The highest BCUT2D eigenvalue weighted by Crippen LogP contribution is 2.11. The van der Waals surface area contributed by atoms with Crippen LogP contribution in [-0.2, 0) is 25.6 Å². The van der Waals surface area contributed by atoms with E-state index in [1.54, 1.807) is 12.1 Å². The van der Waals surface area contributed by atoms with Gasteiger partial charge in [-0.15, -0.1) is 0 Å². The van der Waals surface area contributed by atoms with Crippen LogP contribution < -0.4 is 33.2 Å². The van der Waals surface area contributed by atoms with Crippen molar-refractivity contribution in [3.05, 3.63) is 29.8 Å². The Balaban J connectivity index is 2.64. The van der Waals surface area contributed by atoms with Crippen molar-refractivity contribution in [1.29, 1.82) is 0 Å². The quantitative estimate of drug-likeness (QED) is 0.0784. The molecular formula is C23H37N7O6. The van der Waals surface area contributed by atoms with Gasteiger partial charge in [0.2, 0.25) is 17.7 Å². The molecule has 1 aromatic rings. The number of hydrogen-bond donors (Lipinski definition) is 8. The molecule has 3 unspecified atom stereocenters. The molecule has 0 aliphatic heterocycles. The van der Waals surface area contributed by atoms with Gasteiger partial charge in [0.1, 0.15) is 17.8 Å². The van der Waals surface area contributed by atoms with Gasteiger partial charge in [0.05, 0.1) is 12.6 Å². The van der Waals surface area contributed by atoms with Crippen LogP contribution in [0.15, 0.2) is 29.3 Å². The number of phenols is 1. The lowest BCUT2D eigenvalue weighted by atomic mass is 10.0.